The molecular formula is C15H32O3Si. The molecule has 0 heterocycles. The summed E-state index contributed by atoms with van der Waals surface area (Å²) in [5.74, 6) is 0. The molecule has 19 heavy (non-hydrogen) atoms. The molecule has 4 heteroatoms. The van der Waals surface area contributed by atoms with E-state index in [1.807, 2.05) is 13.8 Å². The summed E-state index contributed by atoms with van der Waals surface area (Å²) in [7, 11) is -1.87. The summed E-state index contributed by atoms with van der Waals surface area (Å²) in [5.41, 5.74) is 0. The highest BCUT2D eigenvalue weighted by Crippen LogP contribution is 2.39. The summed E-state index contributed by atoms with van der Waals surface area (Å²) >= 11 is 0. The van der Waals surface area contributed by atoms with Gasteiger partial charge in [-0.1, -0.05) is 20.8 Å². The summed E-state index contributed by atoms with van der Waals surface area (Å²) in [6.45, 7) is 15.3. The third-order valence-electron chi connectivity index (χ3n) is 4.42. The van der Waals surface area contributed by atoms with E-state index in [1.165, 1.54) is 0 Å². The van der Waals surface area contributed by atoms with Crippen molar-refractivity contribution in [2.24, 2.45) is 0 Å². The number of hydrogen-bond donors (Lipinski definition) is 1. The third kappa shape index (κ3) is 4.55. The quantitative estimate of drug-likeness (QED) is 0.801. The summed E-state index contributed by atoms with van der Waals surface area (Å²) in [6.07, 6.45) is 2.53. The van der Waals surface area contributed by atoms with Crippen molar-refractivity contribution in [2.75, 3.05) is 0 Å². The van der Waals surface area contributed by atoms with Crippen molar-refractivity contribution >= 4 is 8.32 Å². The fourth-order valence-electron chi connectivity index (χ4n) is 2.27. The molecule has 0 aromatic rings. The molecule has 0 bridgehead atoms. The van der Waals surface area contributed by atoms with Crippen LogP contribution in [0.1, 0.15) is 53.9 Å². The Balaban J connectivity index is 2.80. The Bertz CT molecular complexity index is 284. The number of aliphatic hydroxyl groups excluding tert-OH is 1. The number of rotatable bonds is 4. The summed E-state index contributed by atoms with van der Waals surface area (Å²) in [4.78, 5) is 0. The van der Waals surface area contributed by atoms with Gasteiger partial charge in [-0.2, -0.15) is 0 Å². The SMILES string of the molecule is CC(C)O[C@@H]1CCC[C@@H](O)[C@H]1O[Si](C)(C)C(C)(C)C. The maximum atomic E-state index is 10.3. The van der Waals surface area contributed by atoms with Crippen LogP contribution in [-0.2, 0) is 9.16 Å². The van der Waals surface area contributed by atoms with Crippen LogP contribution >= 0.6 is 0 Å². The van der Waals surface area contributed by atoms with Crippen LogP contribution in [0.5, 0.6) is 0 Å². The standard InChI is InChI=1S/C15H32O3Si/c1-11(2)17-13-10-8-9-12(16)14(13)18-19(6,7)15(3,4)5/h11-14,16H,8-10H2,1-7H3/t12-,13-,14-/m1/s1. The topological polar surface area (TPSA) is 38.7 Å². The Morgan fingerprint density at radius 3 is 2.21 bits per heavy atom. The smallest absolute Gasteiger partial charge is 0.192 e. The molecule has 3 atom stereocenters. The minimum Gasteiger partial charge on any atom is -0.409 e. The molecule has 0 aliphatic heterocycles. The van der Waals surface area contributed by atoms with Gasteiger partial charge in [-0.15, -0.1) is 0 Å². The maximum absolute atomic E-state index is 10.3. The Labute approximate surface area is 119 Å². The van der Waals surface area contributed by atoms with Crippen molar-refractivity contribution in [2.45, 2.75) is 96.4 Å². The largest absolute Gasteiger partial charge is 0.409 e. The minimum absolute atomic E-state index is 0.0397. The fourth-order valence-corrected chi connectivity index (χ4v) is 3.61. The predicted octanol–water partition coefficient (Wildman–Crippen LogP) is 3.72. The zero-order valence-corrected chi connectivity index (χ0v) is 14.7. The Morgan fingerprint density at radius 1 is 1.16 bits per heavy atom. The Hall–Kier alpha value is 0.0969. The van der Waals surface area contributed by atoms with E-state index in [0.29, 0.717) is 0 Å². The van der Waals surface area contributed by atoms with E-state index < -0.39 is 8.32 Å². The monoisotopic (exact) mass is 288 g/mol. The van der Waals surface area contributed by atoms with Gasteiger partial charge in [-0.25, -0.2) is 0 Å². The van der Waals surface area contributed by atoms with E-state index >= 15 is 0 Å². The highest BCUT2D eigenvalue weighted by Gasteiger charge is 2.44. The van der Waals surface area contributed by atoms with Crippen LogP contribution in [0, 0.1) is 0 Å². The van der Waals surface area contributed by atoms with Gasteiger partial charge < -0.3 is 14.3 Å². The fraction of sp³-hybridized carbons (Fsp3) is 1.00. The first-order valence-corrected chi connectivity index (χ1v) is 10.5. The molecule has 3 nitrogen and oxygen atoms in total. The first-order chi connectivity index (χ1) is 8.54. The third-order valence-corrected chi connectivity index (χ3v) is 8.89. The lowest BCUT2D eigenvalue weighted by molar-refractivity contribution is -0.122. The van der Waals surface area contributed by atoms with Crippen molar-refractivity contribution in [1.29, 1.82) is 0 Å². The van der Waals surface area contributed by atoms with Crippen molar-refractivity contribution in [1.82, 2.24) is 0 Å². The average molecular weight is 289 g/mol. The lowest BCUT2D eigenvalue weighted by Gasteiger charge is -2.44. The van der Waals surface area contributed by atoms with Gasteiger partial charge in [0.1, 0.15) is 0 Å². The number of ether oxygens (including phenoxy) is 1. The molecule has 1 N–H and O–H groups in total. The minimum atomic E-state index is -1.87. The summed E-state index contributed by atoms with van der Waals surface area (Å²) in [5, 5.41) is 10.5. The van der Waals surface area contributed by atoms with Crippen LogP contribution in [0.25, 0.3) is 0 Å². The lowest BCUT2D eigenvalue weighted by atomic mass is 9.92. The van der Waals surface area contributed by atoms with Gasteiger partial charge in [-0.3, -0.25) is 0 Å². The Morgan fingerprint density at radius 2 is 1.74 bits per heavy atom. The van der Waals surface area contributed by atoms with Crippen LogP contribution in [0.2, 0.25) is 18.1 Å². The highest BCUT2D eigenvalue weighted by molar-refractivity contribution is 6.74. The van der Waals surface area contributed by atoms with E-state index in [0.717, 1.165) is 19.3 Å². The second-order valence-electron chi connectivity index (χ2n) is 7.56. The Kier molecular flexibility index (Phi) is 5.64. The zero-order valence-electron chi connectivity index (χ0n) is 13.7. The molecule has 0 radical (unpaired) electrons. The van der Waals surface area contributed by atoms with E-state index in [4.69, 9.17) is 9.16 Å². The van der Waals surface area contributed by atoms with Crippen molar-refractivity contribution in [3.05, 3.63) is 0 Å². The van der Waals surface area contributed by atoms with E-state index in [2.05, 4.69) is 33.9 Å². The van der Waals surface area contributed by atoms with E-state index in [1.54, 1.807) is 0 Å². The van der Waals surface area contributed by atoms with Gasteiger partial charge in [0, 0.05) is 0 Å². The highest BCUT2D eigenvalue weighted by atomic mass is 28.4. The van der Waals surface area contributed by atoms with Gasteiger partial charge in [0.15, 0.2) is 8.32 Å². The van der Waals surface area contributed by atoms with Crippen molar-refractivity contribution < 1.29 is 14.3 Å². The first kappa shape index (κ1) is 17.1. The molecule has 114 valence electrons. The lowest BCUT2D eigenvalue weighted by Crippen LogP contribution is -2.53. The molecule has 0 aromatic heterocycles. The molecule has 1 aliphatic rings. The normalized spacial score (nSPS) is 29.8. The molecule has 0 amide bonds. The van der Waals surface area contributed by atoms with Gasteiger partial charge in [0.05, 0.1) is 24.4 Å². The maximum Gasteiger partial charge on any atom is 0.192 e. The van der Waals surface area contributed by atoms with E-state index in [-0.39, 0.29) is 29.5 Å². The molecule has 0 saturated heterocycles. The van der Waals surface area contributed by atoms with Gasteiger partial charge in [-0.05, 0) is 51.2 Å². The number of aliphatic hydroxyl groups is 1. The summed E-state index contributed by atoms with van der Waals surface area (Å²) < 4.78 is 12.4. The average Bonchev–Trinajstić information content (AvgIpc) is 2.20. The van der Waals surface area contributed by atoms with Gasteiger partial charge >= 0.3 is 0 Å². The van der Waals surface area contributed by atoms with Crippen molar-refractivity contribution in [3.8, 4) is 0 Å². The molecule has 1 aliphatic carbocycles. The molecule has 1 saturated carbocycles. The van der Waals surface area contributed by atoms with Gasteiger partial charge in [0.25, 0.3) is 0 Å². The number of hydrogen-bond acceptors (Lipinski definition) is 3. The molecule has 0 spiro atoms. The molecule has 1 fully saturated rings. The molecule has 0 aromatic carbocycles. The first-order valence-electron chi connectivity index (χ1n) is 7.56. The van der Waals surface area contributed by atoms with Crippen LogP contribution in [0.15, 0.2) is 0 Å². The molecule has 0 unspecified atom stereocenters. The predicted molar refractivity (Wildman–Crippen MR) is 81.9 cm³/mol. The molecular weight excluding hydrogens is 256 g/mol. The van der Waals surface area contributed by atoms with Crippen LogP contribution in [0.3, 0.4) is 0 Å². The van der Waals surface area contributed by atoms with E-state index in [9.17, 15) is 5.11 Å². The second-order valence-corrected chi connectivity index (χ2v) is 12.3. The summed E-state index contributed by atoms with van der Waals surface area (Å²) in [6, 6.07) is 0. The second kappa shape index (κ2) is 6.25. The van der Waals surface area contributed by atoms with Gasteiger partial charge in [0.2, 0.25) is 0 Å². The van der Waals surface area contributed by atoms with Crippen LogP contribution < -0.4 is 0 Å². The van der Waals surface area contributed by atoms with Crippen molar-refractivity contribution in [3.63, 3.8) is 0 Å². The molecule has 1 rings (SSSR count). The van der Waals surface area contributed by atoms with Crippen LogP contribution in [-0.4, -0.2) is 37.8 Å². The zero-order chi connectivity index (χ0) is 14.8. The van der Waals surface area contributed by atoms with Crippen LogP contribution in [0.4, 0.5) is 0 Å².